The number of halogens is 2. The highest BCUT2D eigenvalue weighted by Gasteiger charge is 2.08. The largest absolute Gasteiger partial charge is 0.376 e. The Kier molecular flexibility index (Phi) is 4.70. The van der Waals surface area contributed by atoms with E-state index in [-0.39, 0.29) is 12.5 Å². The number of benzene rings is 3. The summed E-state index contributed by atoms with van der Waals surface area (Å²) < 4.78 is 0. The maximum absolute atomic E-state index is 12.1. The molecule has 0 atom stereocenters. The van der Waals surface area contributed by atoms with Gasteiger partial charge in [-0.25, -0.2) is 0 Å². The zero-order chi connectivity index (χ0) is 16.2. The molecule has 0 fully saturated rings. The quantitative estimate of drug-likeness (QED) is 0.683. The van der Waals surface area contributed by atoms with Gasteiger partial charge in [-0.2, -0.15) is 0 Å². The Labute approximate surface area is 144 Å². The molecular formula is C18H14Cl2N2O. The van der Waals surface area contributed by atoms with Crippen LogP contribution in [-0.2, 0) is 4.79 Å². The molecule has 2 N–H and O–H groups in total. The highest BCUT2D eigenvalue weighted by molar-refractivity contribution is 6.44. The van der Waals surface area contributed by atoms with Crippen LogP contribution in [-0.4, -0.2) is 12.5 Å². The van der Waals surface area contributed by atoms with E-state index in [2.05, 4.69) is 10.6 Å². The minimum atomic E-state index is -0.192. The van der Waals surface area contributed by atoms with Crippen molar-refractivity contribution in [2.24, 2.45) is 0 Å². The predicted molar refractivity (Wildman–Crippen MR) is 97.5 cm³/mol. The van der Waals surface area contributed by atoms with Crippen LogP contribution in [0.3, 0.4) is 0 Å². The predicted octanol–water partition coefficient (Wildman–Crippen LogP) is 5.20. The van der Waals surface area contributed by atoms with Crippen molar-refractivity contribution < 1.29 is 4.79 Å². The van der Waals surface area contributed by atoms with Crippen molar-refractivity contribution in [2.45, 2.75) is 0 Å². The molecule has 116 valence electrons. The minimum absolute atomic E-state index is 0.136. The van der Waals surface area contributed by atoms with Gasteiger partial charge in [-0.3, -0.25) is 4.79 Å². The third-order valence-electron chi connectivity index (χ3n) is 3.45. The Bertz CT molecular complexity index is 859. The van der Waals surface area contributed by atoms with E-state index >= 15 is 0 Å². The smallest absolute Gasteiger partial charge is 0.243 e. The van der Waals surface area contributed by atoms with E-state index in [0.717, 1.165) is 16.5 Å². The maximum atomic E-state index is 12.1. The first-order chi connectivity index (χ1) is 11.1. The minimum Gasteiger partial charge on any atom is -0.376 e. The second-order valence-electron chi connectivity index (χ2n) is 5.03. The van der Waals surface area contributed by atoms with E-state index in [1.54, 1.807) is 18.2 Å². The number of hydrogen-bond acceptors (Lipinski definition) is 2. The first-order valence-electron chi connectivity index (χ1n) is 7.10. The second kappa shape index (κ2) is 6.90. The zero-order valence-corrected chi connectivity index (χ0v) is 13.7. The molecule has 0 saturated heterocycles. The van der Waals surface area contributed by atoms with Crippen LogP contribution >= 0.6 is 23.2 Å². The standard InChI is InChI=1S/C18H14Cl2N2O/c19-14-8-4-10-16(18(14)20)22-17(23)11-21-15-9-3-6-12-5-1-2-7-13(12)15/h1-10,21H,11H2,(H,22,23). The number of hydrogen-bond donors (Lipinski definition) is 2. The summed E-state index contributed by atoms with van der Waals surface area (Å²) in [6.45, 7) is 0.136. The lowest BCUT2D eigenvalue weighted by atomic mass is 10.1. The van der Waals surface area contributed by atoms with Gasteiger partial charge in [0, 0.05) is 11.1 Å². The average Bonchev–Trinajstić information content (AvgIpc) is 2.57. The number of amides is 1. The molecule has 0 spiro atoms. The highest BCUT2D eigenvalue weighted by Crippen LogP contribution is 2.29. The summed E-state index contributed by atoms with van der Waals surface area (Å²) >= 11 is 12.0. The Morgan fingerprint density at radius 2 is 1.57 bits per heavy atom. The summed E-state index contributed by atoms with van der Waals surface area (Å²) in [5.41, 5.74) is 1.42. The molecule has 1 amide bonds. The van der Waals surface area contributed by atoms with Gasteiger partial charge in [-0.05, 0) is 23.6 Å². The molecule has 3 aromatic carbocycles. The van der Waals surface area contributed by atoms with Crippen LogP contribution in [0, 0.1) is 0 Å². The van der Waals surface area contributed by atoms with Crippen molar-refractivity contribution in [3.05, 3.63) is 70.7 Å². The SMILES string of the molecule is O=C(CNc1cccc2ccccc12)Nc1cccc(Cl)c1Cl. The van der Waals surface area contributed by atoms with Crippen LogP contribution in [0.15, 0.2) is 60.7 Å². The fourth-order valence-corrected chi connectivity index (χ4v) is 2.70. The summed E-state index contributed by atoms with van der Waals surface area (Å²) in [7, 11) is 0. The van der Waals surface area contributed by atoms with Gasteiger partial charge in [0.1, 0.15) is 0 Å². The Hall–Kier alpha value is -2.23. The molecule has 0 saturated carbocycles. The van der Waals surface area contributed by atoms with Gasteiger partial charge in [0.05, 0.1) is 22.3 Å². The molecule has 0 unspecified atom stereocenters. The first-order valence-corrected chi connectivity index (χ1v) is 7.86. The van der Waals surface area contributed by atoms with Crippen molar-refractivity contribution in [1.29, 1.82) is 0 Å². The fourth-order valence-electron chi connectivity index (χ4n) is 2.35. The number of anilines is 2. The molecule has 3 rings (SSSR count). The third kappa shape index (κ3) is 3.58. The lowest BCUT2D eigenvalue weighted by Gasteiger charge is -2.11. The fraction of sp³-hybridized carbons (Fsp3) is 0.0556. The summed E-state index contributed by atoms with van der Waals surface area (Å²) in [4.78, 5) is 12.1. The van der Waals surface area contributed by atoms with E-state index in [0.29, 0.717) is 15.7 Å². The van der Waals surface area contributed by atoms with Crippen LogP contribution in [0.1, 0.15) is 0 Å². The van der Waals surface area contributed by atoms with Gasteiger partial charge in [0.15, 0.2) is 0 Å². The molecule has 3 aromatic rings. The monoisotopic (exact) mass is 344 g/mol. The van der Waals surface area contributed by atoms with Crippen molar-refractivity contribution in [1.82, 2.24) is 0 Å². The van der Waals surface area contributed by atoms with Crippen LogP contribution < -0.4 is 10.6 Å². The van der Waals surface area contributed by atoms with Gasteiger partial charge < -0.3 is 10.6 Å². The molecule has 0 radical (unpaired) electrons. The van der Waals surface area contributed by atoms with Crippen molar-refractivity contribution in [2.75, 3.05) is 17.2 Å². The summed E-state index contributed by atoms with van der Waals surface area (Å²) in [5, 5.41) is 8.85. The van der Waals surface area contributed by atoms with Crippen molar-refractivity contribution in [3.63, 3.8) is 0 Å². The van der Waals surface area contributed by atoms with Gasteiger partial charge in [0.25, 0.3) is 0 Å². The number of carbonyl (C=O) groups is 1. The Morgan fingerprint density at radius 1 is 0.870 bits per heavy atom. The van der Waals surface area contributed by atoms with Crippen LogP contribution in [0.4, 0.5) is 11.4 Å². The average molecular weight is 345 g/mol. The van der Waals surface area contributed by atoms with Crippen LogP contribution in [0.25, 0.3) is 10.8 Å². The molecule has 0 aromatic heterocycles. The van der Waals surface area contributed by atoms with Crippen molar-refractivity contribution in [3.8, 4) is 0 Å². The third-order valence-corrected chi connectivity index (χ3v) is 4.27. The Balaban J connectivity index is 1.70. The van der Waals surface area contributed by atoms with E-state index < -0.39 is 0 Å². The molecule has 0 aliphatic rings. The van der Waals surface area contributed by atoms with Gasteiger partial charge in [0.2, 0.25) is 5.91 Å². The number of rotatable bonds is 4. The summed E-state index contributed by atoms with van der Waals surface area (Å²) in [5.74, 6) is -0.192. The molecule has 0 aliphatic carbocycles. The molecule has 3 nitrogen and oxygen atoms in total. The normalized spacial score (nSPS) is 10.5. The first kappa shape index (κ1) is 15.7. The van der Waals surface area contributed by atoms with E-state index in [1.807, 2.05) is 42.5 Å². The van der Waals surface area contributed by atoms with E-state index in [1.165, 1.54) is 0 Å². The van der Waals surface area contributed by atoms with Gasteiger partial charge >= 0.3 is 0 Å². The highest BCUT2D eigenvalue weighted by atomic mass is 35.5. The summed E-state index contributed by atoms with van der Waals surface area (Å²) in [6.07, 6.45) is 0. The van der Waals surface area contributed by atoms with Gasteiger partial charge in [-0.15, -0.1) is 0 Å². The summed E-state index contributed by atoms with van der Waals surface area (Å²) in [6, 6.07) is 19.1. The second-order valence-corrected chi connectivity index (χ2v) is 5.81. The molecule has 0 bridgehead atoms. The lowest BCUT2D eigenvalue weighted by Crippen LogP contribution is -2.22. The molecule has 0 heterocycles. The van der Waals surface area contributed by atoms with Gasteiger partial charge in [-0.1, -0.05) is 65.7 Å². The van der Waals surface area contributed by atoms with E-state index in [9.17, 15) is 4.79 Å². The Morgan fingerprint density at radius 3 is 2.43 bits per heavy atom. The van der Waals surface area contributed by atoms with Crippen LogP contribution in [0.2, 0.25) is 10.0 Å². The number of fused-ring (bicyclic) bond motifs is 1. The maximum Gasteiger partial charge on any atom is 0.243 e. The van der Waals surface area contributed by atoms with E-state index in [4.69, 9.17) is 23.2 Å². The van der Waals surface area contributed by atoms with Crippen LogP contribution in [0.5, 0.6) is 0 Å². The molecule has 0 aliphatic heterocycles. The lowest BCUT2D eigenvalue weighted by molar-refractivity contribution is -0.114. The topological polar surface area (TPSA) is 41.1 Å². The number of carbonyl (C=O) groups excluding carboxylic acids is 1. The molecular weight excluding hydrogens is 331 g/mol. The molecule has 5 heteroatoms. The van der Waals surface area contributed by atoms with Crippen molar-refractivity contribution >= 4 is 51.3 Å². The zero-order valence-electron chi connectivity index (χ0n) is 12.1. The molecule has 23 heavy (non-hydrogen) atoms. The number of nitrogens with one attached hydrogen (secondary N) is 2.